The molecule has 4 heteroatoms. The van der Waals surface area contributed by atoms with Gasteiger partial charge in [0.05, 0.1) is 6.04 Å². The van der Waals surface area contributed by atoms with Gasteiger partial charge >= 0.3 is 0 Å². The van der Waals surface area contributed by atoms with Gasteiger partial charge in [-0.3, -0.25) is 4.79 Å². The van der Waals surface area contributed by atoms with Crippen molar-refractivity contribution in [2.45, 2.75) is 38.6 Å². The molecule has 0 unspecified atom stereocenters. The molecule has 0 aliphatic rings. The number of aryl methyl sites for hydroxylation is 1. The van der Waals surface area contributed by atoms with E-state index >= 15 is 0 Å². The van der Waals surface area contributed by atoms with Gasteiger partial charge in [0.1, 0.15) is 0 Å². The average molecular weight is 404 g/mol. The molecule has 1 atom stereocenters. The molecule has 2 rings (SSSR count). The highest BCUT2D eigenvalue weighted by Crippen LogP contribution is 2.24. The molecule has 3 nitrogen and oxygen atoms in total. The van der Waals surface area contributed by atoms with E-state index in [0.29, 0.717) is 12.8 Å². The Balaban J connectivity index is 2.03. The van der Waals surface area contributed by atoms with Crippen molar-refractivity contribution in [3.8, 4) is 0 Å². The van der Waals surface area contributed by atoms with Gasteiger partial charge in [0.15, 0.2) is 0 Å². The first-order valence-electron chi connectivity index (χ1n) is 8.81. The highest BCUT2D eigenvalue weighted by Gasteiger charge is 2.20. The quantitative estimate of drug-likeness (QED) is 0.656. The summed E-state index contributed by atoms with van der Waals surface area (Å²) >= 11 is 3.45. The maximum Gasteiger partial charge on any atom is 0.223 e. The predicted molar refractivity (Wildman–Crippen MR) is 105 cm³/mol. The van der Waals surface area contributed by atoms with Crippen LogP contribution in [0.25, 0.3) is 0 Å². The van der Waals surface area contributed by atoms with Crippen LogP contribution in [-0.2, 0) is 11.2 Å². The monoisotopic (exact) mass is 403 g/mol. The first kappa shape index (κ1) is 19.7. The number of aliphatic hydroxyl groups is 1. The zero-order valence-corrected chi connectivity index (χ0v) is 16.3. The molecule has 25 heavy (non-hydrogen) atoms. The van der Waals surface area contributed by atoms with Crippen LogP contribution in [-0.4, -0.2) is 29.1 Å². The van der Waals surface area contributed by atoms with Crippen LogP contribution >= 0.6 is 15.9 Å². The fourth-order valence-electron chi connectivity index (χ4n) is 2.93. The van der Waals surface area contributed by atoms with Crippen LogP contribution in [0.15, 0.2) is 59.1 Å². The topological polar surface area (TPSA) is 40.5 Å². The molecule has 0 aromatic heterocycles. The van der Waals surface area contributed by atoms with E-state index in [1.54, 1.807) is 0 Å². The minimum absolute atomic E-state index is 0.0232. The molecule has 0 saturated carbocycles. The second-order valence-corrected chi connectivity index (χ2v) is 7.15. The number of carbonyl (C=O) groups is 1. The molecule has 1 amide bonds. The maximum atomic E-state index is 12.6. The van der Waals surface area contributed by atoms with Crippen molar-refractivity contribution in [3.63, 3.8) is 0 Å². The van der Waals surface area contributed by atoms with Crippen molar-refractivity contribution in [1.82, 2.24) is 4.90 Å². The summed E-state index contributed by atoms with van der Waals surface area (Å²) in [6.45, 7) is 2.84. The zero-order chi connectivity index (χ0) is 18.1. The Hall–Kier alpha value is -1.65. The lowest BCUT2D eigenvalue weighted by Crippen LogP contribution is -2.34. The highest BCUT2D eigenvalue weighted by molar-refractivity contribution is 9.10. The number of hydrogen-bond donors (Lipinski definition) is 1. The molecule has 0 aliphatic heterocycles. The summed E-state index contributed by atoms with van der Waals surface area (Å²) in [6, 6.07) is 18.5. The molecule has 0 saturated heterocycles. The second-order valence-electron chi connectivity index (χ2n) is 6.23. The molecule has 0 bridgehead atoms. The average Bonchev–Trinajstić information content (AvgIpc) is 2.64. The van der Waals surface area contributed by atoms with E-state index in [2.05, 4.69) is 47.1 Å². The smallest absolute Gasteiger partial charge is 0.223 e. The molecule has 0 fully saturated rings. The first-order chi connectivity index (χ1) is 12.1. The number of hydrogen-bond acceptors (Lipinski definition) is 2. The third kappa shape index (κ3) is 6.29. The Bertz CT molecular complexity index is 643. The van der Waals surface area contributed by atoms with Crippen molar-refractivity contribution in [3.05, 3.63) is 70.2 Å². The van der Waals surface area contributed by atoms with Crippen molar-refractivity contribution >= 4 is 21.8 Å². The zero-order valence-electron chi connectivity index (χ0n) is 14.7. The van der Waals surface area contributed by atoms with Crippen LogP contribution < -0.4 is 0 Å². The Morgan fingerprint density at radius 2 is 1.76 bits per heavy atom. The molecular formula is C21H26BrNO2. The third-order valence-corrected chi connectivity index (χ3v) is 4.92. The van der Waals surface area contributed by atoms with Gasteiger partial charge < -0.3 is 10.0 Å². The van der Waals surface area contributed by atoms with E-state index in [1.165, 1.54) is 5.56 Å². The number of carbonyl (C=O) groups excluding carboxylic acids is 1. The van der Waals surface area contributed by atoms with Gasteiger partial charge in [0.2, 0.25) is 5.91 Å². The molecule has 134 valence electrons. The van der Waals surface area contributed by atoms with Crippen LogP contribution in [0.3, 0.4) is 0 Å². The summed E-state index contributed by atoms with van der Waals surface area (Å²) in [5, 5.41) is 9.03. The number of halogens is 1. The third-order valence-electron chi connectivity index (χ3n) is 4.40. The van der Waals surface area contributed by atoms with Crippen LogP contribution in [0.5, 0.6) is 0 Å². The molecule has 1 N–H and O–H groups in total. The summed E-state index contributed by atoms with van der Waals surface area (Å²) in [6.07, 6.45) is 2.79. The van der Waals surface area contributed by atoms with Crippen LogP contribution in [0, 0.1) is 0 Å². The Morgan fingerprint density at radius 1 is 1.08 bits per heavy atom. The van der Waals surface area contributed by atoms with E-state index < -0.39 is 0 Å². The summed E-state index contributed by atoms with van der Waals surface area (Å²) in [7, 11) is 0. The Morgan fingerprint density at radius 3 is 2.40 bits per heavy atom. The van der Waals surface area contributed by atoms with Gasteiger partial charge in [-0.1, -0.05) is 58.4 Å². The standard InChI is InChI=1S/C21H26BrNO2/c1-17(19-11-13-20(22)14-12-19)23(21(25)10-6-16-24)15-5-9-18-7-3-2-4-8-18/h2-4,7-8,11-14,17,24H,5-6,9-10,15-16H2,1H3/t17-/m0/s1. The van der Waals surface area contributed by atoms with Crippen molar-refractivity contribution < 1.29 is 9.90 Å². The van der Waals surface area contributed by atoms with Crippen LogP contribution in [0.1, 0.15) is 43.4 Å². The summed E-state index contributed by atoms with van der Waals surface area (Å²) in [5.74, 6) is 0.109. The number of amides is 1. The molecule has 0 spiro atoms. The maximum absolute atomic E-state index is 12.6. The lowest BCUT2D eigenvalue weighted by Gasteiger charge is -2.30. The van der Waals surface area contributed by atoms with E-state index in [1.807, 2.05) is 35.2 Å². The van der Waals surface area contributed by atoms with Gasteiger partial charge in [-0.05, 0) is 49.4 Å². The first-order valence-corrected chi connectivity index (χ1v) is 9.61. The Labute approximate surface area is 158 Å². The number of nitrogens with zero attached hydrogens (tertiary/aromatic N) is 1. The van der Waals surface area contributed by atoms with Gasteiger partial charge in [-0.25, -0.2) is 0 Å². The SMILES string of the molecule is C[C@@H](c1ccc(Br)cc1)N(CCCc1ccccc1)C(=O)CCCO. The van der Waals surface area contributed by atoms with E-state index in [-0.39, 0.29) is 18.6 Å². The predicted octanol–water partition coefficient (Wildman–Crippen LogP) is 4.74. The van der Waals surface area contributed by atoms with E-state index in [4.69, 9.17) is 5.11 Å². The number of aliphatic hydroxyl groups excluding tert-OH is 1. The number of benzene rings is 2. The lowest BCUT2D eigenvalue weighted by molar-refractivity contribution is -0.133. The van der Waals surface area contributed by atoms with E-state index in [0.717, 1.165) is 29.4 Å². The molecule has 2 aromatic rings. The molecule has 0 radical (unpaired) electrons. The highest BCUT2D eigenvalue weighted by atomic mass is 79.9. The second kappa shape index (κ2) is 10.4. The van der Waals surface area contributed by atoms with Crippen LogP contribution in [0.4, 0.5) is 0 Å². The molecular weight excluding hydrogens is 378 g/mol. The molecule has 2 aromatic carbocycles. The normalized spacial score (nSPS) is 12.0. The van der Waals surface area contributed by atoms with Crippen molar-refractivity contribution in [2.24, 2.45) is 0 Å². The van der Waals surface area contributed by atoms with E-state index in [9.17, 15) is 4.79 Å². The van der Waals surface area contributed by atoms with Crippen LogP contribution in [0.2, 0.25) is 0 Å². The summed E-state index contributed by atoms with van der Waals surface area (Å²) in [4.78, 5) is 14.6. The fourth-order valence-corrected chi connectivity index (χ4v) is 3.19. The summed E-state index contributed by atoms with van der Waals surface area (Å²) in [5.41, 5.74) is 2.42. The number of rotatable bonds is 9. The van der Waals surface area contributed by atoms with Gasteiger partial charge in [-0.2, -0.15) is 0 Å². The molecule has 0 aliphatic carbocycles. The summed E-state index contributed by atoms with van der Waals surface area (Å²) < 4.78 is 1.03. The molecule has 0 heterocycles. The van der Waals surface area contributed by atoms with Gasteiger partial charge in [0, 0.05) is 24.0 Å². The van der Waals surface area contributed by atoms with Gasteiger partial charge in [0.25, 0.3) is 0 Å². The minimum atomic E-state index is 0.0232. The van der Waals surface area contributed by atoms with Gasteiger partial charge in [-0.15, -0.1) is 0 Å². The van der Waals surface area contributed by atoms with Crippen molar-refractivity contribution in [2.75, 3.05) is 13.2 Å². The Kier molecular flexibility index (Phi) is 8.16. The fraction of sp³-hybridized carbons (Fsp3) is 0.381. The van der Waals surface area contributed by atoms with Crippen molar-refractivity contribution in [1.29, 1.82) is 0 Å². The largest absolute Gasteiger partial charge is 0.396 e. The lowest BCUT2D eigenvalue weighted by atomic mass is 10.0. The minimum Gasteiger partial charge on any atom is -0.396 e.